The highest BCUT2D eigenvalue weighted by Gasteiger charge is 2.10. The molecule has 0 aliphatic heterocycles. The fourth-order valence-electron chi connectivity index (χ4n) is 2.48. The molecule has 7 heteroatoms. The summed E-state index contributed by atoms with van der Waals surface area (Å²) in [5, 5.41) is 4.33. The van der Waals surface area contributed by atoms with Crippen LogP contribution in [0.2, 0.25) is 0 Å². The minimum Gasteiger partial charge on any atom is -0.370 e. The first-order valence-corrected chi connectivity index (χ1v) is 7.97. The van der Waals surface area contributed by atoms with Gasteiger partial charge in [-0.05, 0) is 24.5 Å². The largest absolute Gasteiger partial charge is 0.370 e. The van der Waals surface area contributed by atoms with Gasteiger partial charge in [-0.1, -0.05) is 13.0 Å². The summed E-state index contributed by atoms with van der Waals surface area (Å²) in [6.07, 6.45) is 11.2. The van der Waals surface area contributed by atoms with Crippen LogP contribution in [0, 0.1) is 0 Å². The van der Waals surface area contributed by atoms with Crippen LogP contribution in [-0.4, -0.2) is 30.2 Å². The molecule has 0 aromatic carbocycles. The Morgan fingerprint density at radius 3 is 2.83 bits per heavy atom. The summed E-state index contributed by atoms with van der Waals surface area (Å²) in [6, 6.07) is 4.05. The highest BCUT2D eigenvalue weighted by molar-refractivity contribution is 5.73. The van der Waals surface area contributed by atoms with E-state index in [2.05, 4.69) is 28.1 Å². The summed E-state index contributed by atoms with van der Waals surface area (Å²) < 4.78 is 3.75. The first-order chi connectivity index (χ1) is 11.7. The number of carbonyl (C=O) groups excluding carboxylic acids is 1. The topological polar surface area (TPSA) is 91.6 Å². The van der Waals surface area contributed by atoms with Gasteiger partial charge in [0.05, 0.1) is 11.9 Å². The lowest BCUT2D eigenvalue weighted by molar-refractivity contribution is -0.118. The van der Waals surface area contributed by atoms with Crippen molar-refractivity contribution in [3.8, 4) is 17.2 Å². The maximum absolute atomic E-state index is 10.8. The van der Waals surface area contributed by atoms with Crippen LogP contribution in [0.25, 0.3) is 17.2 Å². The van der Waals surface area contributed by atoms with E-state index < -0.39 is 0 Å². The monoisotopic (exact) mass is 324 g/mol. The Morgan fingerprint density at radius 2 is 2.12 bits per heavy atom. The van der Waals surface area contributed by atoms with Gasteiger partial charge in [0.2, 0.25) is 5.91 Å². The summed E-state index contributed by atoms with van der Waals surface area (Å²) in [6.45, 7) is 2.75. The number of aromatic nitrogens is 5. The lowest BCUT2D eigenvalue weighted by Gasteiger charge is -2.05. The first-order valence-electron chi connectivity index (χ1n) is 7.97. The summed E-state index contributed by atoms with van der Waals surface area (Å²) in [5.41, 5.74) is 8.07. The van der Waals surface area contributed by atoms with Crippen molar-refractivity contribution in [1.82, 2.24) is 24.3 Å². The van der Waals surface area contributed by atoms with E-state index in [0.29, 0.717) is 19.4 Å². The maximum atomic E-state index is 10.8. The van der Waals surface area contributed by atoms with E-state index in [1.54, 1.807) is 17.1 Å². The molecule has 0 unspecified atom stereocenters. The number of hydrogen-bond acceptors (Lipinski definition) is 4. The number of nitrogens with two attached hydrogens (primary N) is 1. The van der Waals surface area contributed by atoms with Gasteiger partial charge in [0, 0.05) is 37.8 Å². The van der Waals surface area contributed by atoms with E-state index in [1.165, 1.54) is 5.56 Å². The van der Waals surface area contributed by atoms with Gasteiger partial charge in [-0.15, -0.1) is 0 Å². The Hall–Kier alpha value is -2.96. The summed E-state index contributed by atoms with van der Waals surface area (Å²) in [5.74, 6) is 0.482. The minimum absolute atomic E-state index is 0.291. The maximum Gasteiger partial charge on any atom is 0.217 e. The molecule has 3 aromatic heterocycles. The molecule has 0 saturated heterocycles. The zero-order chi connectivity index (χ0) is 16.9. The number of hydrogen-bond donors (Lipinski definition) is 1. The average Bonchev–Trinajstić information content (AvgIpc) is 3.23. The number of amides is 1. The molecule has 0 saturated carbocycles. The van der Waals surface area contributed by atoms with Gasteiger partial charge in [-0.25, -0.2) is 4.98 Å². The molecule has 3 aromatic rings. The number of carbonyl (C=O) groups is 1. The Morgan fingerprint density at radius 1 is 1.25 bits per heavy atom. The van der Waals surface area contributed by atoms with Crippen LogP contribution in [0.5, 0.6) is 0 Å². The second-order valence-corrected chi connectivity index (χ2v) is 5.56. The molecule has 0 fully saturated rings. The van der Waals surface area contributed by atoms with E-state index in [1.807, 2.05) is 29.2 Å². The van der Waals surface area contributed by atoms with Crippen molar-refractivity contribution in [3.05, 3.63) is 48.7 Å². The third-order valence-corrected chi connectivity index (χ3v) is 3.81. The lowest BCUT2D eigenvalue weighted by Crippen LogP contribution is -2.11. The third kappa shape index (κ3) is 3.51. The second-order valence-electron chi connectivity index (χ2n) is 5.56. The molecule has 7 nitrogen and oxygen atoms in total. The van der Waals surface area contributed by atoms with E-state index in [4.69, 9.17) is 5.73 Å². The summed E-state index contributed by atoms with van der Waals surface area (Å²) in [4.78, 5) is 19.7. The molecule has 3 heterocycles. The van der Waals surface area contributed by atoms with Crippen LogP contribution in [0.1, 0.15) is 25.3 Å². The predicted octanol–water partition coefficient (Wildman–Crippen LogP) is 1.96. The molecule has 1 amide bonds. The van der Waals surface area contributed by atoms with E-state index in [9.17, 15) is 4.79 Å². The quantitative estimate of drug-likeness (QED) is 0.719. The van der Waals surface area contributed by atoms with Crippen LogP contribution in [-0.2, 0) is 17.8 Å². The van der Waals surface area contributed by atoms with Crippen molar-refractivity contribution in [2.45, 2.75) is 32.7 Å². The molecular formula is C17H20N6O. The highest BCUT2D eigenvalue weighted by Crippen LogP contribution is 2.19. The van der Waals surface area contributed by atoms with E-state index in [-0.39, 0.29) is 5.91 Å². The van der Waals surface area contributed by atoms with Gasteiger partial charge >= 0.3 is 0 Å². The fraction of sp³-hybridized carbons (Fsp3) is 0.294. The number of primary amides is 1. The van der Waals surface area contributed by atoms with Gasteiger partial charge in [-0.2, -0.15) is 5.10 Å². The summed E-state index contributed by atoms with van der Waals surface area (Å²) in [7, 11) is 0. The van der Waals surface area contributed by atoms with Gasteiger partial charge < -0.3 is 5.73 Å². The van der Waals surface area contributed by atoms with Crippen LogP contribution in [0.15, 0.2) is 43.1 Å². The SMILES string of the molecule is CCc1ccc(-c2nccn2-c2cnn(CCCC(N)=O)c2)nc1. The number of imidazole rings is 1. The third-order valence-electron chi connectivity index (χ3n) is 3.81. The highest BCUT2D eigenvalue weighted by atomic mass is 16.1. The Balaban J connectivity index is 1.79. The molecule has 0 atom stereocenters. The van der Waals surface area contributed by atoms with Gasteiger partial charge in [0.15, 0.2) is 5.82 Å². The lowest BCUT2D eigenvalue weighted by atomic mass is 10.2. The molecule has 24 heavy (non-hydrogen) atoms. The van der Waals surface area contributed by atoms with Gasteiger partial charge in [-0.3, -0.25) is 19.0 Å². The van der Waals surface area contributed by atoms with Crippen LogP contribution < -0.4 is 5.73 Å². The zero-order valence-electron chi connectivity index (χ0n) is 13.6. The van der Waals surface area contributed by atoms with E-state index in [0.717, 1.165) is 23.6 Å². The molecule has 0 aliphatic carbocycles. The standard InChI is InChI=1S/C17H20N6O/c1-2-13-5-6-15(20-10-13)17-19-7-9-23(17)14-11-21-22(12-14)8-3-4-16(18)24/h5-7,9-12H,2-4,8H2,1H3,(H2,18,24). The molecule has 124 valence electrons. The normalized spacial score (nSPS) is 10.9. The van der Waals surface area contributed by atoms with Gasteiger partial charge in [0.25, 0.3) is 0 Å². The molecule has 0 spiro atoms. The van der Waals surface area contributed by atoms with Crippen molar-refractivity contribution >= 4 is 5.91 Å². The first kappa shape index (κ1) is 15.9. The molecule has 0 bridgehead atoms. The Bertz CT molecular complexity index is 818. The van der Waals surface area contributed by atoms with Crippen molar-refractivity contribution in [3.63, 3.8) is 0 Å². The van der Waals surface area contributed by atoms with Crippen molar-refractivity contribution in [2.75, 3.05) is 0 Å². The average molecular weight is 324 g/mol. The molecule has 0 radical (unpaired) electrons. The van der Waals surface area contributed by atoms with Crippen LogP contribution in [0.3, 0.4) is 0 Å². The molecular weight excluding hydrogens is 304 g/mol. The smallest absolute Gasteiger partial charge is 0.217 e. The molecule has 0 aliphatic rings. The van der Waals surface area contributed by atoms with Crippen molar-refractivity contribution in [1.29, 1.82) is 0 Å². The van der Waals surface area contributed by atoms with Crippen molar-refractivity contribution in [2.24, 2.45) is 5.73 Å². The number of nitrogens with zero attached hydrogens (tertiary/aromatic N) is 5. The van der Waals surface area contributed by atoms with Crippen LogP contribution in [0.4, 0.5) is 0 Å². The second kappa shape index (κ2) is 7.08. The molecule has 3 rings (SSSR count). The minimum atomic E-state index is -0.291. The van der Waals surface area contributed by atoms with Crippen LogP contribution >= 0.6 is 0 Å². The number of aryl methyl sites for hydroxylation is 2. The Kier molecular flexibility index (Phi) is 4.69. The summed E-state index contributed by atoms with van der Waals surface area (Å²) >= 11 is 0. The van der Waals surface area contributed by atoms with Crippen molar-refractivity contribution < 1.29 is 4.79 Å². The molecule has 2 N–H and O–H groups in total. The van der Waals surface area contributed by atoms with E-state index >= 15 is 0 Å². The van der Waals surface area contributed by atoms with Gasteiger partial charge in [0.1, 0.15) is 5.69 Å². The Labute approximate surface area is 140 Å². The number of pyridine rings is 1. The fourth-order valence-corrected chi connectivity index (χ4v) is 2.48. The predicted molar refractivity (Wildman–Crippen MR) is 90.4 cm³/mol. The zero-order valence-corrected chi connectivity index (χ0v) is 13.6. The number of rotatable bonds is 7.